The van der Waals surface area contributed by atoms with Gasteiger partial charge in [-0.2, -0.15) is 5.10 Å². The van der Waals surface area contributed by atoms with Gasteiger partial charge in [0.1, 0.15) is 16.7 Å². The number of ether oxygens (including phenoxy) is 1. The molecule has 1 fully saturated rings. The first-order valence-electron chi connectivity index (χ1n) is 11.3. The highest BCUT2D eigenvalue weighted by atomic mass is 32.2. The standard InChI is InChI=1S/C27H27N3O2S2/c1-3-5-9-16-29-26(31)24(34-27(29)33)18-21-19-30(22-10-7-6-8-11-22)28-25(21)20-12-14-23(15-13-20)32-17-4-2/h4,6-8,10-15,18-19H,2-3,5,9,16-17H2,1H3/b24-18-. The van der Waals surface area contributed by atoms with Crippen LogP contribution in [0.5, 0.6) is 5.75 Å². The summed E-state index contributed by atoms with van der Waals surface area (Å²) in [7, 11) is 0. The third kappa shape index (κ3) is 5.48. The molecule has 5 nitrogen and oxygen atoms in total. The summed E-state index contributed by atoms with van der Waals surface area (Å²) in [6, 6.07) is 17.7. The minimum absolute atomic E-state index is 0.0299. The number of para-hydroxylation sites is 1. The van der Waals surface area contributed by atoms with Crippen molar-refractivity contribution in [2.75, 3.05) is 13.2 Å². The van der Waals surface area contributed by atoms with E-state index >= 15 is 0 Å². The number of aromatic nitrogens is 2. The van der Waals surface area contributed by atoms with Crippen LogP contribution in [0.2, 0.25) is 0 Å². The zero-order chi connectivity index (χ0) is 23.9. The van der Waals surface area contributed by atoms with Crippen LogP contribution in [0, 0.1) is 0 Å². The van der Waals surface area contributed by atoms with Crippen LogP contribution in [0.25, 0.3) is 23.0 Å². The van der Waals surface area contributed by atoms with Gasteiger partial charge in [-0.25, -0.2) is 4.68 Å². The molecule has 0 saturated carbocycles. The molecule has 1 aliphatic heterocycles. The third-order valence-electron chi connectivity index (χ3n) is 5.40. The van der Waals surface area contributed by atoms with E-state index in [9.17, 15) is 4.79 Å². The zero-order valence-corrected chi connectivity index (χ0v) is 20.8. The lowest BCUT2D eigenvalue weighted by Gasteiger charge is -2.13. The normalized spacial score (nSPS) is 14.7. The molecule has 174 valence electrons. The molecular weight excluding hydrogens is 462 g/mol. The predicted octanol–water partition coefficient (Wildman–Crippen LogP) is 6.50. The molecule has 1 aromatic heterocycles. The molecule has 0 unspecified atom stereocenters. The molecule has 1 aliphatic rings. The van der Waals surface area contributed by atoms with Crippen LogP contribution in [-0.2, 0) is 4.79 Å². The number of hydrogen-bond donors (Lipinski definition) is 0. The summed E-state index contributed by atoms with van der Waals surface area (Å²) in [6.45, 7) is 6.95. The van der Waals surface area contributed by atoms with Crippen molar-refractivity contribution < 1.29 is 9.53 Å². The van der Waals surface area contributed by atoms with Crippen LogP contribution < -0.4 is 4.74 Å². The van der Waals surface area contributed by atoms with E-state index in [0.717, 1.165) is 47.5 Å². The smallest absolute Gasteiger partial charge is 0.266 e. The van der Waals surface area contributed by atoms with E-state index < -0.39 is 0 Å². The second kappa shape index (κ2) is 11.3. The molecule has 3 aromatic rings. The molecule has 0 radical (unpaired) electrons. The Balaban J connectivity index is 1.68. The summed E-state index contributed by atoms with van der Waals surface area (Å²) < 4.78 is 8.07. The topological polar surface area (TPSA) is 47.4 Å². The Morgan fingerprint density at radius 2 is 1.88 bits per heavy atom. The van der Waals surface area contributed by atoms with Crippen molar-refractivity contribution in [1.82, 2.24) is 14.7 Å². The summed E-state index contributed by atoms with van der Waals surface area (Å²) in [5.74, 6) is 0.735. The Morgan fingerprint density at radius 3 is 2.59 bits per heavy atom. The molecule has 0 spiro atoms. The molecular formula is C27H27N3O2S2. The molecule has 4 rings (SSSR count). The minimum atomic E-state index is -0.0299. The molecule has 0 aliphatic carbocycles. The van der Waals surface area contributed by atoms with Gasteiger partial charge < -0.3 is 4.74 Å². The van der Waals surface area contributed by atoms with Crippen LogP contribution in [0.3, 0.4) is 0 Å². The number of benzene rings is 2. The molecule has 1 amide bonds. The Morgan fingerprint density at radius 1 is 1.12 bits per heavy atom. The van der Waals surface area contributed by atoms with Crippen LogP contribution in [0.1, 0.15) is 31.7 Å². The fourth-order valence-corrected chi connectivity index (χ4v) is 4.95. The fourth-order valence-electron chi connectivity index (χ4n) is 3.65. The van der Waals surface area contributed by atoms with Crippen molar-refractivity contribution in [3.63, 3.8) is 0 Å². The lowest BCUT2D eigenvalue weighted by Crippen LogP contribution is -2.28. The van der Waals surface area contributed by atoms with Gasteiger partial charge in [-0.15, -0.1) is 0 Å². The second-order valence-electron chi connectivity index (χ2n) is 7.88. The van der Waals surface area contributed by atoms with Crippen LogP contribution in [-0.4, -0.2) is 38.1 Å². The van der Waals surface area contributed by atoms with Gasteiger partial charge in [-0.05, 0) is 48.9 Å². The fraction of sp³-hybridized carbons (Fsp3) is 0.222. The van der Waals surface area contributed by atoms with Crippen molar-refractivity contribution >= 4 is 40.3 Å². The van der Waals surface area contributed by atoms with E-state index in [1.807, 2.05) is 71.6 Å². The number of nitrogens with zero attached hydrogens (tertiary/aromatic N) is 3. The average molecular weight is 490 g/mol. The molecule has 0 atom stereocenters. The lowest BCUT2D eigenvalue weighted by atomic mass is 10.1. The molecule has 1 saturated heterocycles. The Hall–Kier alpha value is -3.16. The second-order valence-corrected chi connectivity index (χ2v) is 9.55. The summed E-state index contributed by atoms with van der Waals surface area (Å²) in [5, 5.41) is 4.86. The average Bonchev–Trinajstić information content (AvgIpc) is 3.40. The SMILES string of the molecule is C=CCOc1ccc(-c2nn(-c3ccccc3)cc2/C=C2\SC(=S)N(CCCCC)C2=O)cc1. The van der Waals surface area contributed by atoms with Crippen LogP contribution >= 0.6 is 24.0 Å². The summed E-state index contributed by atoms with van der Waals surface area (Å²) in [4.78, 5) is 15.4. The molecule has 34 heavy (non-hydrogen) atoms. The highest BCUT2D eigenvalue weighted by Crippen LogP contribution is 2.35. The maximum atomic E-state index is 13.1. The number of amides is 1. The van der Waals surface area contributed by atoms with E-state index in [1.165, 1.54) is 11.8 Å². The summed E-state index contributed by atoms with van der Waals surface area (Å²) in [6.07, 6.45) is 8.71. The lowest BCUT2D eigenvalue weighted by molar-refractivity contribution is -0.122. The van der Waals surface area contributed by atoms with E-state index in [1.54, 1.807) is 11.0 Å². The maximum Gasteiger partial charge on any atom is 0.266 e. The van der Waals surface area contributed by atoms with Gasteiger partial charge >= 0.3 is 0 Å². The number of thiocarbonyl (C=S) groups is 1. The summed E-state index contributed by atoms with van der Waals surface area (Å²) in [5.41, 5.74) is 3.53. The van der Waals surface area contributed by atoms with Crippen LogP contribution in [0.4, 0.5) is 0 Å². The first-order chi connectivity index (χ1) is 16.6. The number of hydrogen-bond acceptors (Lipinski definition) is 5. The number of carbonyl (C=O) groups excluding carboxylic acids is 1. The van der Waals surface area contributed by atoms with Gasteiger partial charge in [0, 0.05) is 23.9 Å². The first-order valence-corrected chi connectivity index (χ1v) is 12.6. The zero-order valence-electron chi connectivity index (χ0n) is 19.1. The maximum absolute atomic E-state index is 13.1. The van der Waals surface area contributed by atoms with Gasteiger partial charge in [-0.1, -0.05) is 74.6 Å². The van der Waals surface area contributed by atoms with Crippen molar-refractivity contribution in [2.24, 2.45) is 0 Å². The molecule has 0 N–H and O–H groups in total. The van der Waals surface area contributed by atoms with Gasteiger partial charge in [0.2, 0.25) is 0 Å². The molecule has 2 aromatic carbocycles. The van der Waals surface area contributed by atoms with Crippen molar-refractivity contribution in [3.8, 4) is 22.7 Å². The third-order valence-corrected chi connectivity index (χ3v) is 6.78. The minimum Gasteiger partial charge on any atom is -0.490 e. The number of unbranched alkanes of at least 4 members (excludes halogenated alkanes) is 2. The quantitative estimate of drug-likeness (QED) is 0.141. The number of rotatable bonds is 10. The molecule has 2 heterocycles. The Bertz CT molecular complexity index is 1200. The monoisotopic (exact) mass is 489 g/mol. The summed E-state index contributed by atoms with van der Waals surface area (Å²) >= 11 is 6.86. The number of thioether (sulfide) groups is 1. The van der Waals surface area contributed by atoms with Gasteiger partial charge in [-0.3, -0.25) is 9.69 Å². The van der Waals surface area contributed by atoms with E-state index in [-0.39, 0.29) is 5.91 Å². The van der Waals surface area contributed by atoms with Gasteiger partial charge in [0.15, 0.2) is 0 Å². The van der Waals surface area contributed by atoms with Gasteiger partial charge in [0.25, 0.3) is 5.91 Å². The molecule has 0 bridgehead atoms. The predicted molar refractivity (Wildman–Crippen MR) is 144 cm³/mol. The van der Waals surface area contributed by atoms with Crippen molar-refractivity contribution in [3.05, 3.63) is 83.9 Å². The van der Waals surface area contributed by atoms with Gasteiger partial charge in [0.05, 0.1) is 16.3 Å². The van der Waals surface area contributed by atoms with E-state index in [0.29, 0.717) is 22.4 Å². The highest BCUT2D eigenvalue weighted by Gasteiger charge is 2.32. The van der Waals surface area contributed by atoms with Crippen LogP contribution in [0.15, 0.2) is 78.4 Å². The Labute approximate surface area is 210 Å². The largest absolute Gasteiger partial charge is 0.490 e. The highest BCUT2D eigenvalue weighted by molar-refractivity contribution is 8.26. The van der Waals surface area contributed by atoms with Crippen molar-refractivity contribution in [2.45, 2.75) is 26.2 Å². The first kappa shape index (κ1) is 24.0. The number of carbonyl (C=O) groups is 1. The Kier molecular flexibility index (Phi) is 7.98. The van der Waals surface area contributed by atoms with E-state index in [4.69, 9.17) is 22.1 Å². The van der Waals surface area contributed by atoms with E-state index in [2.05, 4.69) is 13.5 Å². The molecule has 7 heteroatoms. The van der Waals surface area contributed by atoms with Crippen molar-refractivity contribution in [1.29, 1.82) is 0 Å².